The molecule has 112 valence electrons. The van der Waals surface area contributed by atoms with Crippen molar-refractivity contribution < 1.29 is 19.4 Å². The van der Waals surface area contributed by atoms with Crippen LogP contribution in [0.5, 0.6) is 5.75 Å². The predicted molar refractivity (Wildman–Crippen MR) is 78.1 cm³/mol. The quantitative estimate of drug-likeness (QED) is 0.813. The fraction of sp³-hybridized carbons (Fsp3) is 0.562. The first kappa shape index (κ1) is 16.5. The van der Waals surface area contributed by atoms with E-state index in [1.165, 1.54) is 0 Å². The molecule has 1 rings (SSSR count). The number of aliphatic hydroxyl groups excluding tert-OH is 1. The Morgan fingerprint density at radius 1 is 1.30 bits per heavy atom. The van der Waals surface area contributed by atoms with Gasteiger partial charge in [-0.05, 0) is 17.9 Å². The number of benzene rings is 1. The Hall–Kier alpha value is -1.55. The third-order valence-electron chi connectivity index (χ3n) is 2.88. The van der Waals surface area contributed by atoms with Gasteiger partial charge in [0.15, 0.2) is 0 Å². The number of ether oxygens (including phenoxy) is 2. The molecule has 0 unspecified atom stereocenters. The number of carbonyl (C=O) groups is 1. The fourth-order valence-corrected chi connectivity index (χ4v) is 2.00. The van der Waals surface area contributed by atoms with Crippen molar-refractivity contribution in [3.8, 4) is 5.75 Å². The van der Waals surface area contributed by atoms with Gasteiger partial charge in [0.2, 0.25) is 0 Å². The van der Waals surface area contributed by atoms with Crippen molar-refractivity contribution >= 4 is 5.97 Å². The van der Waals surface area contributed by atoms with Crippen molar-refractivity contribution in [2.24, 2.45) is 0 Å². The molecular formula is C16H24O4. The Balaban J connectivity index is 3.03. The van der Waals surface area contributed by atoms with Crippen LogP contribution in [0.15, 0.2) is 18.2 Å². The van der Waals surface area contributed by atoms with Crippen LogP contribution >= 0.6 is 0 Å². The zero-order valence-corrected chi connectivity index (χ0v) is 12.7. The maximum absolute atomic E-state index is 11.7. The Bertz CT molecular complexity index is 446. The minimum Gasteiger partial charge on any atom is -0.493 e. The van der Waals surface area contributed by atoms with E-state index in [4.69, 9.17) is 14.6 Å². The van der Waals surface area contributed by atoms with Crippen molar-refractivity contribution in [1.82, 2.24) is 0 Å². The minimum atomic E-state index is -0.355. The summed E-state index contributed by atoms with van der Waals surface area (Å²) in [7, 11) is 0. The van der Waals surface area contributed by atoms with Gasteiger partial charge in [-0.25, -0.2) is 0 Å². The number of esters is 1. The molecule has 0 heterocycles. The zero-order chi connectivity index (χ0) is 15.2. The molecular weight excluding hydrogens is 256 g/mol. The lowest BCUT2D eigenvalue weighted by atomic mass is 9.85. The Kier molecular flexibility index (Phi) is 6.02. The standard InChI is InChI=1S/C16H24O4/c1-5-19-15-12(11-14(18)20-10-9-17)7-6-8-13(15)16(2,3)4/h6-8,17H,5,9-11H2,1-4H3. The van der Waals surface area contributed by atoms with E-state index in [1.54, 1.807) is 0 Å². The van der Waals surface area contributed by atoms with E-state index < -0.39 is 0 Å². The number of hydrogen-bond donors (Lipinski definition) is 1. The van der Waals surface area contributed by atoms with Crippen molar-refractivity contribution in [3.63, 3.8) is 0 Å². The van der Waals surface area contributed by atoms with Crippen LogP contribution in [0.1, 0.15) is 38.8 Å². The number of rotatable bonds is 6. The lowest BCUT2D eigenvalue weighted by molar-refractivity contribution is -0.143. The van der Waals surface area contributed by atoms with Gasteiger partial charge >= 0.3 is 5.97 Å². The highest BCUT2D eigenvalue weighted by molar-refractivity contribution is 5.74. The molecule has 20 heavy (non-hydrogen) atoms. The van der Waals surface area contributed by atoms with E-state index >= 15 is 0 Å². The molecule has 0 radical (unpaired) electrons. The molecule has 1 N–H and O–H groups in total. The van der Waals surface area contributed by atoms with Gasteiger partial charge in [0.05, 0.1) is 19.6 Å². The van der Waals surface area contributed by atoms with E-state index in [9.17, 15) is 4.79 Å². The molecule has 0 saturated heterocycles. The molecule has 0 aliphatic rings. The number of para-hydroxylation sites is 1. The summed E-state index contributed by atoms with van der Waals surface area (Å²) in [4.78, 5) is 11.7. The molecule has 1 aromatic carbocycles. The fourth-order valence-electron chi connectivity index (χ4n) is 2.00. The van der Waals surface area contributed by atoms with Crippen LogP contribution in [0.3, 0.4) is 0 Å². The van der Waals surface area contributed by atoms with Gasteiger partial charge < -0.3 is 14.6 Å². The monoisotopic (exact) mass is 280 g/mol. The summed E-state index contributed by atoms with van der Waals surface area (Å²) in [5.41, 5.74) is 1.84. The smallest absolute Gasteiger partial charge is 0.310 e. The minimum absolute atomic E-state index is 0.0295. The Labute approximate surface area is 120 Å². The second-order valence-corrected chi connectivity index (χ2v) is 5.60. The van der Waals surface area contributed by atoms with Crippen molar-refractivity contribution in [1.29, 1.82) is 0 Å². The summed E-state index contributed by atoms with van der Waals surface area (Å²) in [6, 6.07) is 5.83. The third kappa shape index (κ3) is 4.53. The summed E-state index contributed by atoms with van der Waals surface area (Å²) in [6.45, 7) is 8.67. The molecule has 0 fully saturated rings. The molecule has 0 saturated carbocycles. The molecule has 1 aromatic rings. The van der Waals surface area contributed by atoms with Crippen molar-refractivity contribution in [3.05, 3.63) is 29.3 Å². The van der Waals surface area contributed by atoms with Gasteiger partial charge in [0.25, 0.3) is 0 Å². The van der Waals surface area contributed by atoms with Gasteiger partial charge in [0.1, 0.15) is 12.4 Å². The van der Waals surface area contributed by atoms with Crippen LogP contribution in [0.2, 0.25) is 0 Å². The highest BCUT2D eigenvalue weighted by Crippen LogP contribution is 2.34. The maximum atomic E-state index is 11.7. The second kappa shape index (κ2) is 7.29. The number of hydrogen-bond acceptors (Lipinski definition) is 4. The molecule has 0 atom stereocenters. The topological polar surface area (TPSA) is 55.8 Å². The Morgan fingerprint density at radius 2 is 2.00 bits per heavy atom. The number of carbonyl (C=O) groups excluding carboxylic acids is 1. The molecule has 0 bridgehead atoms. The lowest BCUT2D eigenvalue weighted by Crippen LogP contribution is -2.17. The highest BCUT2D eigenvalue weighted by Gasteiger charge is 2.22. The first-order valence-corrected chi connectivity index (χ1v) is 6.91. The van der Waals surface area contributed by atoms with Crippen LogP contribution in [0.4, 0.5) is 0 Å². The van der Waals surface area contributed by atoms with Crippen molar-refractivity contribution in [2.75, 3.05) is 19.8 Å². The number of aliphatic hydroxyl groups is 1. The van der Waals surface area contributed by atoms with E-state index in [0.29, 0.717) is 6.61 Å². The first-order chi connectivity index (χ1) is 9.40. The van der Waals surface area contributed by atoms with E-state index in [1.807, 2.05) is 25.1 Å². The molecule has 0 spiro atoms. The van der Waals surface area contributed by atoms with Crippen LogP contribution in [-0.2, 0) is 21.4 Å². The SMILES string of the molecule is CCOc1c(CC(=O)OCCO)cccc1C(C)(C)C. The molecule has 0 amide bonds. The van der Waals surface area contributed by atoms with Crippen LogP contribution < -0.4 is 4.74 Å². The van der Waals surface area contributed by atoms with Gasteiger partial charge in [-0.15, -0.1) is 0 Å². The highest BCUT2D eigenvalue weighted by atomic mass is 16.5. The van der Waals surface area contributed by atoms with E-state index in [-0.39, 0.29) is 31.0 Å². The summed E-state index contributed by atoms with van der Waals surface area (Å²) < 4.78 is 10.7. The average molecular weight is 280 g/mol. The summed E-state index contributed by atoms with van der Waals surface area (Å²) in [6.07, 6.45) is 0.152. The summed E-state index contributed by atoms with van der Waals surface area (Å²) in [5.74, 6) is 0.412. The largest absolute Gasteiger partial charge is 0.493 e. The summed E-state index contributed by atoms with van der Waals surface area (Å²) >= 11 is 0. The van der Waals surface area contributed by atoms with Crippen LogP contribution in [0.25, 0.3) is 0 Å². The van der Waals surface area contributed by atoms with Crippen LogP contribution in [-0.4, -0.2) is 30.9 Å². The maximum Gasteiger partial charge on any atom is 0.310 e. The van der Waals surface area contributed by atoms with Crippen LogP contribution in [0, 0.1) is 0 Å². The second-order valence-electron chi connectivity index (χ2n) is 5.60. The zero-order valence-electron chi connectivity index (χ0n) is 12.7. The van der Waals surface area contributed by atoms with Gasteiger partial charge in [0, 0.05) is 5.56 Å². The third-order valence-corrected chi connectivity index (χ3v) is 2.88. The normalized spacial score (nSPS) is 11.2. The first-order valence-electron chi connectivity index (χ1n) is 6.91. The van der Waals surface area contributed by atoms with Gasteiger partial charge in [-0.1, -0.05) is 39.0 Å². The van der Waals surface area contributed by atoms with Crippen molar-refractivity contribution in [2.45, 2.75) is 39.5 Å². The molecule has 0 aliphatic heterocycles. The molecule has 0 aliphatic carbocycles. The molecule has 4 nitrogen and oxygen atoms in total. The predicted octanol–water partition coefficient (Wildman–Crippen LogP) is 2.46. The summed E-state index contributed by atoms with van der Waals surface area (Å²) in [5, 5.41) is 8.67. The van der Waals surface area contributed by atoms with E-state index in [2.05, 4.69) is 20.8 Å². The average Bonchev–Trinajstić information content (AvgIpc) is 2.37. The van der Waals surface area contributed by atoms with Gasteiger partial charge in [-0.2, -0.15) is 0 Å². The lowest BCUT2D eigenvalue weighted by Gasteiger charge is -2.24. The Morgan fingerprint density at radius 3 is 2.55 bits per heavy atom. The van der Waals surface area contributed by atoms with E-state index in [0.717, 1.165) is 16.9 Å². The van der Waals surface area contributed by atoms with Gasteiger partial charge in [-0.3, -0.25) is 4.79 Å². The molecule has 4 heteroatoms. The molecule has 0 aromatic heterocycles.